The molecule has 82 valence electrons. The molecule has 0 saturated heterocycles. The summed E-state index contributed by atoms with van der Waals surface area (Å²) in [6.07, 6.45) is 0.589. The zero-order valence-electron chi connectivity index (χ0n) is 8.19. The number of nitrogens with two attached hydrogens (primary N) is 1. The van der Waals surface area contributed by atoms with Gasteiger partial charge in [-0.25, -0.2) is 0 Å². The summed E-state index contributed by atoms with van der Waals surface area (Å²) in [6.45, 7) is 0. The smallest absolute Gasteiger partial charge is 0.139 e. The number of benzene rings is 1. The lowest BCUT2D eigenvalue weighted by Crippen LogP contribution is -2.12. The van der Waals surface area contributed by atoms with Crippen molar-refractivity contribution in [3.63, 3.8) is 0 Å². The lowest BCUT2D eigenvalue weighted by Gasteiger charge is -2.03. The molecule has 0 radical (unpaired) electrons. The van der Waals surface area contributed by atoms with E-state index in [4.69, 9.17) is 22.5 Å². The fourth-order valence-corrected chi connectivity index (χ4v) is 2.28. The van der Waals surface area contributed by atoms with Gasteiger partial charge in [0.15, 0.2) is 0 Å². The van der Waals surface area contributed by atoms with Crippen LogP contribution >= 0.6 is 23.4 Å². The van der Waals surface area contributed by atoms with E-state index >= 15 is 0 Å². The third kappa shape index (κ3) is 4.44. The summed E-state index contributed by atoms with van der Waals surface area (Å²) in [4.78, 5) is 0. The van der Waals surface area contributed by atoms with E-state index in [1.807, 2.05) is 24.3 Å². The van der Waals surface area contributed by atoms with Gasteiger partial charge in [-0.05, 0) is 11.6 Å². The Morgan fingerprint density at radius 3 is 2.87 bits per heavy atom. The van der Waals surface area contributed by atoms with E-state index in [1.54, 1.807) is 11.8 Å². The molecule has 0 aliphatic heterocycles. The first-order valence-corrected chi connectivity index (χ1v) is 6.05. The van der Waals surface area contributed by atoms with E-state index in [0.717, 1.165) is 22.1 Å². The lowest BCUT2D eigenvalue weighted by atomic mass is 10.2. The van der Waals surface area contributed by atoms with Crippen LogP contribution in [0.4, 0.5) is 0 Å². The molecule has 0 bridgehead atoms. The summed E-state index contributed by atoms with van der Waals surface area (Å²) >= 11 is 7.70. The number of rotatable bonds is 5. The zero-order chi connectivity index (χ0) is 11.1. The van der Waals surface area contributed by atoms with Gasteiger partial charge in [-0.2, -0.15) is 11.8 Å². The van der Waals surface area contributed by atoms with Crippen molar-refractivity contribution in [3.8, 4) is 0 Å². The first-order chi connectivity index (χ1) is 7.24. The summed E-state index contributed by atoms with van der Waals surface area (Å²) in [5.41, 5.74) is 6.46. The number of halogens is 1. The molecule has 3 nitrogen and oxygen atoms in total. The SMILES string of the molecule is N/C(CCSCc1ccccc1Cl)=N/O. The summed E-state index contributed by atoms with van der Waals surface area (Å²) in [5, 5.41) is 12.0. The van der Waals surface area contributed by atoms with Gasteiger partial charge >= 0.3 is 0 Å². The Bertz CT molecular complexity index is 344. The fraction of sp³-hybridized carbons (Fsp3) is 0.300. The highest BCUT2D eigenvalue weighted by Crippen LogP contribution is 2.20. The molecule has 0 fully saturated rings. The average molecular weight is 245 g/mol. The van der Waals surface area contributed by atoms with Crippen LogP contribution in [0.2, 0.25) is 5.02 Å². The second kappa shape index (κ2) is 6.58. The van der Waals surface area contributed by atoms with Crippen LogP contribution in [-0.4, -0.2) is 16.8 Å². The fourth-order valence-electron chi connectivity index (χ4n) is 1.02. The van der Waals surface area contributed by atoms with Gasteiger partial charge in [-0.15, -0.1) is 0 Å². The van der Waals surface area contributed by atoms with Crippen LogP contribution in [0.3, 0.4) is 0 Å². The van der Waals surface area contributed by atoms with E-state index in [-0.39, 0.29) is 5.84 Å². The number of nitrogens with zero attached hydrogens (tertiary/aromatic N) is 1. The van der Waals surface area contributed by atoms with Crippen molar-refractivity contribution in [2.75, 3.05) is 5.75 Å². The van der Waals surface area contributed by atoms with Crippen molar-refractivity contribution in [1.82, 2.24) is 0 Å². The molecule has 0 spiro atoms. The number of hydrogen-bond donors (Lipinski definition) is 2. The molecular weight excluding hydrogens is 232 g/mol. The van der Waals surface area contributed by atoms with Crippen LogP contribution in [0.25, 0.3) is 0 Å². The Morgan fingerprint density at radius 1 is 1.47 bits per heavy atom. The maximum Gasteiger partial charge on any atom is 0.139 e. The Hall–Kier alpha value is -0.870. The predicted molar refractivity (Wildman–Crippen MR) is 65.6 cm³/mol. The van der Waals surface area contributed by atoms with E-state index in [9.17, 15) is 0 Å². The molecule has 0 aromatic heterocycles. The number of hydrogen-bond acceptors (Lipinski definition) is 3. The molecule has 1 rings (SSSR count). The highest BCUT2D eigenvalue weighted by atomic mass is 35.5. The average Bonchev–Trinajstić information content (AvgIpc) is 2.26. The van der Waals surface area contributed by atoms with Crippen molar-refractivity contribution in [2.24, 2.45) is 10.9 Å². The highest BCUT2D eigenvalue weighted by Gasteiger charge is 1.99. The Balaban J connectivity index is 2.29. The van der Waals surface area contributed by atoms with Crippen molar-refractivity contribution in [3.05, 3.63) is 34.9 Å². The molecule has 15 heavy (non-hydrogen) atoms. The Kier molecular flexibility index (Phi) is 5.36. The number of amidine groups is 1. The number of thioether (sulfide) groups is 1. The lowest BCUT2D eigenvalue weighted by molar-refractivity contribution is 0.317. The minimum Gasteiger partial charge on any atom is -0.409 e. The van der Waals surface area contributed by atoms with Gasteiger partial charge in [0, 0.05) is 22.9 Å². The summed E-state index contributed by atoms with van der Waals surface area (Å²) in [7, 11) is 0. The minimum atomic E-state index is 0.265. The van der Waals surface area contributed by atoms with Crippen molar-refractivity contribution >= 4 is 29.2 Å². The molecule has 1 aromatic rings. The van der Waals surface area contributed by atoms with Gasteiger partial charge in [-0.3, -0.25) is 0 Å². The minimum absolute atomic E-state index is 0.265. The molecular formula is C10H13ClN2OS. The molecule has 0 heterocycles. The third-order valence-electron chi connectivity index (χ3n) is 1.85. The van der Waals surface area contributed by atoms with Crippen LogP contribution in [0.15, 0.2) is 29.4 Å². The molecule has 0 amide bonds. The molecule has 0 unspecified atom stereocenters. The van der Waals surface area contributed by atoms with E-state index in [2.05, 4.69) is 5.16 Å². The Morgan fingerprint density at radius 2 is 2.20 bits per heavy atom. The summed E-state index contributed by atoms with van der Waals surface area (Å²) in [6, 6.07) is 7.75. The molecule has 0 aliphatic rings. The van der Waals surface area contributed by atoms with Crippen molar-refractivity contribution in [2.45, 2.75) is 12.2 Å². The van der Waals surface area contributed by atoms with E-state index in [1.165, 1.54) is 0 Å². The van der Waals surface area contributed by atoms with Gasteiger partial charge in [0.1, 0.15) is 5.84 Å². The largest absolute Gasteiger partial charge is 0.409 e. The van der Waals surface area contributed by atoms with Gasteiger partial charge in [0.05, 0.1) is 0 Å². The maximum absolute atomic E-state index is 8.33. The topological polar surface area (TPSA) is 58.6 Å². The van der Waals surface area contributed by atoms with Gasteiger partial charge < -0.3 is 10.9 Å². The molecule has 0 aliphatic carbocycles. The van der Waals surface area contributed by atoms with Crippen LogP contribution in [-0.2, 0) is 5.75 Å². The third-order valence-corrected chi connectivity index (χ3v) is 3.22. The normalized spacial score (nSPS) is 11.7. The van der Waals surface area contributed by atoms with Gasteiger partial charge in [0.2, 0.25) is 0 Å². The highest BCUT2D eigenvalue weighted by molar-refractivity contribution is 7.98. The molecule has 3 N–H and O–H groups in total. The zero-order valence-corrected chi connectivity index (χ0v) is 9.76. The first-order valence-electron chi connectivity index (χ1n) is 4.51. The second-order valence-electron chi connectivity index (χ2n) is 2.99. The predicted octanol–water partition coefficient (Wildman–Crippen LogP) is 2.71. The second-order valence-corrected chi connectivity index (χ2v) is 4.50. The molecule has 0 saturated carbocycles. The summed E-state index contributed by atoms with van der Waals surface area (Å²) < 4.78 is 0. The molecule has 0 atom stereocenters. The van der Waals surface area contributed by atoms with Crippen LogP contribution in [0, 0.1) is 0 Å². The maximum atomic E-state index is 8.33. The molecule has 1 aromatic carbocycles. The van der Waals surface area contributed by atoms with E-state index < -0.39 is 0 Å². The summed E-state index contributed by atoms with van der Waals surface area (Å²) in [5.74, 6) is 1.93. The van der Waals surface area contributed by atoms with Crippen LogP contribution in [0.1, 0.15) is 12.0 Å². The quantitative estimate of drug-likeness (QED) is 0.275. The first kappa shape index (κ1) is 12.2. The van der Waals surface area contributed by atoms with E-state index in [0.29, 0.717) is 6.42 Å². The van der Waals surface area contributed by atoms with Gasteiger partial charge in [0.25, 0.3) is 0 Å². The van der Waals surface area contributed by atoms with Gasteiger partial charge in [-0.1, -0.05) is 35.0 Å². The monoisotopic (exact) mass is 244 g/mol. The molecule has 5 heteroatoms. The Labute approximate surface area is 98.3 Å². The van der Waals surface area contributed by atoms with Crippen LogP contribution in [0.5, 0.6) is 0 Å². The standard InChI is InChI=1S/C10H13ClN2OS/c11-9-4-2-1-3-8(9)7-15-6-5-10(12)13-14/h1-4,14H,5-7H2,(H2,12,13). The van der Waals surface area contributed by atoms with Crippen molar-refractivity contribution in [1.29, 1.82) is 0 Å². The van der Waals surface area contributed by atoms with Crippen molar-refractivity contribution < 1.29 is 5.21 Å². The van der Waals surface area contributed by atoms with Crippen LogP contribution < -0.4 is 5.73 Å². The number of oxime groups is 1.